The van der Waals surface area contributed by atoms with Crippen LogP contribution < -0.4 is 11.0 Å². The molecular formula is C11H10F3N3O. The molecule has 0 atom stereocenters. The second-order valence-electron chi connectivity index (χ2n) is 3.78. The van der Waals surface area contributed by atoms with Crippen LogP contribution in [0.25, 0.3) is 10.9 Å². The second-order valence-corrected chi connectivity index (χ2v) is 3.78. The lowest BCUT2D eigenvalue weighted by atomic mass is 10.1. The average Bonchev–Trinajstić information content (AvgIpc) is 2.27. The molecule has 0 bridgehead atoms. The Labute approximate surface area is 99.9 Å². The van der Waals surface area contributed by atoms with Crippen molar-refractivity contribution in [2.45, 2.75) is 12.7 Å². The molecule has 0 radical (unpaired) electrons. The van der Waals surface area contributed by atoms with Gasteiger partial charge in [0, 0.05) is 17.6 Å². The summed E-state index contributed by atoms with van der Waals surface area (Å²) in [5.41, 5.74) is -0.921. The predicted octanol–water partition coefficient (Wildman–Crippen LogP) is 1.66. The van der Waals surface area contributed by atoms with Crippen LogP contribution in [0, 0.1) is 0 Å². The highest BCUT2D eigenvalue weighted by atomic mass is 19.4. The Hall–Kier alpha value is -1.89. The Morgan fingerprint density at radius 2 is 2.11 bits per heavy atom. The Kier molecular flexibility index (Phi) is 3.08. The quantitative estimate of drug-likeness (QED) is 0.860. The zero-order chi connectivity index (χ0) is 13.3. The van der Waals surface area contributed by atoms with E-state index in [1.165, 1.54) is 6.07 Å². The fraction of sp³-hybridized carbons (Fsp3) is 0.273. The van der Waals surface area contributed by atoms with Crippen LogP contribution in [0.15, 0.2) is 23.0 Å². The number of fused-ring (bicyclic) bond motifs is 1. The van der Waals surface area contributed by atoms with Crippen LogP contribution in [0.3, 0.4) is 0 Å². The molecule has 2 N–H and O–H groups in total. The zero-order valence-corrected chi connectivity index (χ0v) is 9.43. The molecule has 7 heteroatoms. The highest BCUT2D eigenvalue weighted by Gasteiger charge is 2.30. The van der Waals surface area contributed by atoms with E-state index in [-0.39, 0.29) is 5.52 Å². The Bertz CT molecular complexity index is 633. The molecule has 0 unspecified atom stereocenters. The third kappa shape index (κ3) is 2.35. The fourth-order valence-electron chi connectivity index (χ4n) is 1.71. The SMILES string of the molecule is CNCc1[nH]c(=O)nc2cc(C(F)(F)F)ccc12. The van der Waals surface area contributed by atoms with Crippen LogP contribution in [0.4, 0.5) is 13.2 Å². The van der Waals surface area contributed by atoms with Gasteiger partial charge in [-0.25, -0.2) is 4.79 Å². The van der Waals surface area contributed by atoms with Crippen LogP contribution in [0.2, 0.25) is 0 Å². The van der Waals surface area contributed by atoms with Gasteiger partial charge in [0.1, 0.15) is 0 Å². The van der Waals surface area contributed by atoms with E-state index in [0.717, 1.165) is 12.1 Å². The maximum atomic E-state index is 12.5. The van der Waals surface area contributed by atoms with Gasteiger partial charge in [0.2, 0.25) is 0 Å². The summed E-state index contributed by atoms with van der Waals surface area (Å²) in [6.07, 6.45) is -4.44. The number of hydrogen-bond donors (Lipinski definition) is 2. The van der Waals surface area contributed by atoms with Gasteiger partial charge in [-0.2, -0.15) is 18.2 Å². The smallest absolute Gasteiger partial charge is 0.314 e. The molecule has 1 heterocycles. The van der Waals surface area contributed by atoms with Crippen molar-refractivity contribution in [3.05, 3.63) is 39.9 Å². The van der Waals surface area contributed by atoms with Crippen molar-refractivity contribution in [3.8, 4) is 0 Å². The second kappa shape index (κ2) is 4.41. The van der Waals surface area contributed by atoms with E-state index in [1.54, 1.807) is 7.05 Å². The molecule has 96 valence electrons. The van der Waals surface area contributed by atoms with Crippen molar-refractivity contribution in [1.82, 2.24) is 15.3 Å². The van der Waals surface area contributed by atoms with Crippen molar-refractivity contribution in [2.24, 2.45) is 0 Å². The number of H-pyrrole nitrogens is 1. The van der Waals surface area contributed by atoms with Crippen LogP contribution in [0.5, 0.6) is 0 Å². The van der Waals surface area contributed by atoms with Gasteiger partial charge in [-0.05, 0) is 19.2 Å². The fourth-order valence-corrected chi connectivity index (χ4v) is 1.71. The van der Waals surface area contributed by atoms with E-state index >= 15 is 0 Å². The van der Waals surface area contributed by atoms with Crippen molar-refractivity contribution >= 4 is 10.9 Å². The molecule has 0 amide bonds. The molecule has 18 heavy (non-hydrogen) atoms. The molecule has 0 fully saturated rings. The third-order valence-electron chi connectivity index (χ3n) is 2.48. The van der Waals surface area contributed by atoms with Crippen molar-refractivity contribution in [3.63, 3.8) is 0 Å². The van der Waals surface area contributed by atoms with Gasteiger partial charge in [-0.15, -0.1) is 0 Å². The predicted molar refractivity (Wildman–Crippen MR) is 60.1 cm³/mol. The van der Waals surface area contributed by atoms with Crippen molar-refractivity contribution in [2.75, 3.05) is 7.05 Å². The number of rotatable bonds is 2. The standard InChI is InChI=1S/C11H10F3N3O/c1-15-5-9-7-3-2-6(11(12,13)14)4-8(7)16-10(18)17-9/h2-4,15H,5H2,1H3,(H,16,17,18). The average molecular weight is 257 g/mol. The number of nitrogens with zero attached hydrogens (tertiary/aromatic N) is 1. The minimum atomic E-state index is -4.44. The van der Waals surface area contributed by atoms with Gasteiger partial charge in [0.15, 0.2) is 0 Å². The van der Waals surface area contributed by atoms with E-state index in [9.17, 15) is 18.0 Å². The first-order chi connectivity index (χ1) is 8.41. The molecule has 1 aromatic carbocycles. The monoisotopic (exact) mass is 257 g/mol. The lowest BCUT2D eigenvalue weighted by molar-refractivity contribution is -0.137. The Morgan fingerprint density at radius 3 is 2.72 bits per heavy atom. The Morgan fingerprint density at radius 1 is 1.39 bits per heavy atom. The molecule has 0 saturated heterocycles. The maximum absolute atomic E-state index is 12.5. The summed E-state index contributed by atoms with van der Waals surface area (Å²) in [5.74, 6) is 0. The third-order valence-corrected chi connectivity index (χ3v) is 2.48. The highest BCUT2D eigenvalue weighted by molar-refractivity contribution is 5.81. The largest absolute Gasteiger partial charge is 0.416 e. The van der Waals surface area contributed by atoms with Gasteiger partial charge in [-0.1, -0.05) is 6.07 Å². The maximum Gasteiger partial charge on any atom is 0.416 e. The molecular weight excluding hydrogens is 247 g/mol. The molecule has 0 spiro atoms. The molecule has 0 aliphatic rings. The number of alkyl halides is 3. The van der Waals surface area contributed by atoms with Gasteiger partial charge < -0.3 is 10.3 Å². The summed E-state index contributed by atoms with van der Waals surface area (Å²) >= 11 is 0. The van der Waals surface area contributed by atoms with E-state index in [2.05, 4.69) is 15.3 Å². The molecule has 2 aromatic rings. The highest BCUT2D eigenvalue weighted by Crippen LogP contribution is 2.31. The summed E-state index contributed by atoms with van der Waals surface area (Å²) in [6, 6.07) is 3.17. The molecule has 2 rings (SSSR count). The van der Waals surface area contributed by atoms with E-state index in [1.807, 2.05) is 0 Å². The normalized spacial score (nSPS) is 12.0. The van der Waals surface area contributed by atoms with E-state index in [4.69, 9.17) is 0 Å². The molecule has 0 saturated carbocycles. The Balaban J connectivity index is 2.68. The lowest BCUT2D eigenvalue weighted by Crippen LogP contribution is -2.17. The summed E-state index contributed by atoms with van der Waals surface area (Å²) in [5, 5.41) is 3.33. The van der Waals surface area contributed by atoms with Gasteiger partial charge in [0.05, 0.1) is 11.1 Å². The van der Waals surface area contributed by atoms with Gasteiger partial charge >= 0.3 is 11.9 Å². The first-order valence-electron chi connectivity index (χ1n) is 5.16. The number of aromatic nitrogens is 2. The van der Waals surface area contributed by atoms with E-state index < -0.39 is 17.4 Å². The van der Waals surface area contributed by atoms with E-state index in [0.29, 0.717) is 17.6 Å². The number of aromatic amines is 1. The number of nitrogens with one attached hydrogen (secondary N) is 2. The van der Waals surface area contributed by atoms with Crippen LogP contribution in [-0.2, 0) is 12.7 Å². The first-order valence-corrected chi connectivity index (χ1v) is 5.16. The summed E-state index contributed by atoms with van der Waals surface area (Å²) in [7, 11) is 1.68. The van der Waals surface area contributed by atoms with Gasteiger partial charge in [-0.3, -0.25) is 0 Å². The molecule has 0 aliphatic carbocycles. The van der Waals surface area contributed by atoms with Gasteiger partial charge in [0.25, 0.3) is 0 Å². The number of hydrogen-bond acceptors (Lipinski definition) is 3. The summed E-state index contributed by atoms with van der Waals surface area (Å²) < 4.78 is 37.6. The molecule has 4 nitrogen and oxygen atoms in total. The number of benzene rings is 1. The van der Waals surface area contributed by atoms with Crippen molar-refractivity contribution < 1.29 is 13.2 Å². The summed E-state index contributed by atoms with van der Waals surface area (Å²) in [6.45, 7) is 0.347. The van der Waals surface area contributed by atoms with Crippen LogP contribution in [0.1, 0.15) is 11.3 Å². The summed E-state index contributed by atoms with van der Waals surface area (Å²) in [4.78, 5) is 17.3. The first kappa shape index (κ1) is 12.6. The minimum absolute atomic E-state index is 0.0406. The number of halogens is 3. The molecule has 1 aromatic heterocycles. The van der Waals surface area contributed by atoms with Crippen LogP contribution >= 0.6 is 0 Å². The van der Waals surface area contributed by atoms with Crippen LogP contribution in [-0.4, -0.2) is 17.0 Å². The lowest BCUT2D eigenvalue weighted by Gasteiger charge is -2.09. The van der Waals surface area contributed by atoms with Crippen molar-refractivity contribution in [1.29, 1.82) is 0 Å². The molecule has 0 aliphatic heterocycles. The zero-order valence-electron chi connectivity index (χ0n) is 9.43. The topological polar surface area (TPSA) is 57.8 Å². The minimum Gasteiger partial charge on any atom is -0.314 e.